The Hall–Kier alpha value is -1.99. The minimum atomic E-state index is -0.134. The van der Waals surface area contributed by atoms with Crippen LogP contribution in [-0.4, -0.2) is 20.4 Å². The molecule has 0 aromatic carbocycles. The SMILES string of the molecule is NNC(Cc1cnccc1N)c1cn[nH]n1. The average Bonchev–Trinajstić information content (AvgIpc) is 2.81. The van der Waals surface area contributed by atoms with Crippen LogP contribution in [0.2, 0.25) is 0 Å². The zero-order chi connectivity index (χ0) is 11.4. The Morgan fingerprint density at radius 1 is 1.44 bits per heavy atom. The maximum atomic E-state index is 5.82. The van der Waals surface area contributed by atoms with Crippen molar-refractivity contribution in [3.63, 3.8) is 0 Å². The first-order valence-corrected chi connectivity index (χ1v) is 4.81. The second-order valence-corrected chi connectivity index (χ2v) is 3.39. The van der Waals surface area contributed by atoms with E-state index >= 15 is 0 Å². The lowest BCUT2D eigenvalue weighted by molar-refractivity contribution is 0.537. The lowest BCUT2D eigenvalue weighted by Crippen LogP contribution is -2.30. The Balaban J connectivity index is 2.17. The van der Waals surface area contributed by atoms with Gasteiger partial charge in [0, 0.05) is 18.1 Å². The van der Waals surface area contributed by atoms with Crippen molar-refractivity contribution < 1.29 is 0 Å². The predicted octanol–water partition coefficient (Wildman–Crippen LogP) is -0.471. The van der Waals surface area contributed by atoms with Crippen molar-refractivity contribution in [2.75, 3.05) is 5.73 Å². The summed E-state index contributed by atoms with van der Waals surface area (Å²) in [5.74, 6) is 5.47. The number of pyridine rings is 1. The van der Waals surface area contributed by atoms with Crippen molar-refractivity contribution >= 4 is 5.69 Å². The summed E-state index contributed by atoms with van der Waals surface area (Å²) >= 11 is 0. The van der Waals surface area contributed by atoms with Crippen molar-refractivity contribution in [1.29, 1.82) is 0 Å². The quantitative estimate of drug-likeness (QED) is 0.407. The fourth-order valence-electron chi connectivity index (χ4n) is 1.46. The molecule has 84 valence electrons. The van der Waals surface area contributed by atoms with E-state index in [0.29, 0.717) is 12.1 Å². The van der Waals surface area contributed by atoms with Crippen molar-refractivity contribution in [3.05, 3.63) is 35.9 Å². The number of nitrogen functional groups attached to an aromatic ring is 1. The second kappa shape index (κ2) is 4.69. The average molecular weight is 219 g/mol. The molecule has 0 aliphatic heterocycles. The Labute approximate surface area is 92.2 Å². The molecule has 2 heterocycles. The number of aromatic amines is 1. The van der Waals surface area contributed by atoms with Gasteiger partial charge < -0.3 is 5.73 Å². The van der Waals surface area contributed by atoms with Gasteiger partial charge in [-0.2, -0.15) is 15.4 Å². The smallest absolute Gasteiger partial charge is 0.101 e. The molecule has 2 aromatic rings. The zero-order valence-electron chi connectivity index (χ0n) is 8.59. The predicted molar refractivity (Wildman–Crippen MR) is 58.8 cm³/mol. The van der Waals surface area contributed by atoms with Crippen LogP contribution in [0.15, 0.2) is 24.7 Å². The second-order valence-electron chi connectivity index (χ2n) is 3.39. The van der Waals surface area contributed by atoms with E-state index in [9.17, 15) is 0 Å². The summed E-state index contributed by atoms with van der Waals surface area (Å²) in [5.41, 5.74) is 10.9. The number of nitrogens with two attached hydrogens (primary N) is 2. The molecular weight excluding hydrogens is 206 g/mol. The van der Waals surface area contributed by atoms with Gasteiger partial charge in [0.25, 0.3) is 0 Å². The van der Waals surface area contributed by atoms with Gasteiger partial charge in [-0.05, 0) is 18.1 Å². The Morgan fingerprint density at radius 2 is 2.31 bits per heavy atom. The molecule has 0 amide bonds. The van der Waals surface area contributed by atoms with Gasteiger partial charge in [-0.25, -0.2) is 0 Å². The van der Waals surface area contributed by atoms with E-state index in [2.05, 4.69) is 25.8 Å². The minimum Gasteiger partial charge on any atom is -0.398 e. The number of hydrazine groups is 1. The van der Waals surface area contributed by atoms with Crippen LogP contribution in [0.3, 0.4) is 0 Å². The minimum absolute atomic E-state index is 0.134. The molecule has 0 spiro atoms. The first-order valence-electron chi connectivity index (χ1n) is 4.81. The van der Waals surface area contributed by atoms with Gasteiger partial charge in [0.05, 0.1) is 12.2 Å². The normalized spacial score (nSPS) is 12.6. The summed E-state index contributed by atoms with van der Waals surface area (Å²) in [6.45, 7) is 0. The maximum Gasteiger partial charge on any atom is 0.101 e. The molecule has 0 saturated carbocycles. The van der Waals surface area contributed by atoms with Crippen LogP contribution in [0, 0.1) is 0 Å². The number of aromatic nitrogens is 4. The number of anilines is 1. The van der Waals surface area contributed by atoms with E-state index in [0.717, 1.165) is 11.3 Å². The first kappa shape index (κ1) is 10.5. The monoisotopic (exact) mass is 219 g/mol. The van der Waals surface area contributed by atoms with Crippen LogP contribution >= 0.6 is 0 Å². The molecule has 16 heavy (non-hydrogen) atoms. The topological polar surface area (TPSA) is 119 Å². The largest absolute Gasteiger partial charge is 0.398 e. The number of H-pyrrole nitrogens is 1. The van der Waals surface area contributed by atoms with Gasteiger partial charge in [0.2, 0.25) is 0 Å². The highest BCUT2D eigenvalue weighted by atomic mass is 15.3. The van der Waals surface area contributed by atoms with E-state index in [1.54, 1.807) is 24.7 Å². The third-order valence-corrected chi connectivity index (χ3v) is 2.36. The highest BCUT2D eigenvalue weighted by Gasteiger charge is 2.14. The molecule has 2 rings (SSSR count). The molecule has 1 unspecified atom stereocenters. The molecule has 0 fully saturated rings. The standard InChI is InChI=1S/C9H13N7/c10-7-1-2-12-4-6(7)3-8(14-11)9-5-13-16-15-9/h1-2,4-5,8,14H,3,11H2,(H2,10,12)(H,13,15,16). The molecule has 7 heteroatoms. The van der Waals surface area contributed by atoms with Crippen LogP contribution in [0.5, 0.6) is 0 Å². The van der Waals surface area contributed by atoms with Crippen molar-refractivity contribution in [1.82, 2.24) is 25.8 Å². The summed E-state index contributed by atoms with van der Waals surface area (Å²) in [4.78, 5) is 4.02. The Kier molecular flexibility index (Phi) is 3.08. The highest BCUT2D eigenvalue weighted by Crippen LogP contribution is 2.18. The van der Waals surface area contributed by atoms with Crippen molar-refractivity contribution in [2.45, 2.75) is 12.5 Å². The number of rotatable bonds is 4. The van der Waals surface area contributed by atoms with Crippen LogP contribution in [0.25, 0.3) is 0 Å². The van der Waals surface area contributed by atoms with Gasteiger partial charge in [-0.15, -0.1) is 0 Å². The summed E-state index contributed by atoms with van der Waals surface area (Å²) < 4.78 is 0. The number of hydrogen-bond acceptors (Lipinski definition) is 6. The van der Waals surface area contributed by atoms with E-state index in [4.69, 9.17) is 11.6 Å². The summed E-state index contributed by atoms with van der Waals surface area (Å²) in [6.07, 6.45) is 5.61. The molecule has 0 aliphatic carbocycles. The summed E-state index contributed by atoms with van der Waals surface area (Å²) in [6, 6.07) is 1.62. The van der Waals surface area contributed by atoms with Crippen LogP contribution < -0.4 is 17.0 Å². The van der Waals surface area contributed by atoms with Crippen molar-refractivity contribution in [3.8, 4) is 0 Å². The van der Waals surface area contributed by atoms with E-state index < -0.39 is 0 Å². The fourth-order valence-corrected chi connectivity index (χ4v) is 1.46. The molecule has 0 radical (unpaired) electrons. The van der Waals surface area contributed by atoms with Crippen LogP contribution in [0.4, 0.5) is 5.69 Å². The number of hydrogen-bond donors (Lipinski definition) is 4. The lowest BCUT2D eigenvalue weighted by Gasteiger charge is -2.13. The number of nitrogens with zero attached hydrogens (tertiary/aromatic N) is 3. The van der Waals surface area contributed by atoms with Gasteiger partial charge in [-0.1, -0.05) is 0 Å². The first-order chi connectivity index (χ1) is 7.81. The molecule has 0 bridgehead atoms. The number of nitrogens with one attached hydrogen (secondary N) is 2. The summed E-state index contributed by atoms with van der Waals surface area (Å²) in [7, 11) is 0. The molecule has 0 saturated heterocycles. The lowest BCUT2D eigenvalue weighted by atomic mass is 10.0. The summed E-state index contributed by atoms with van der Waals surface area (Å²) in [5, 5.41) is 10.3. The van der Waals surface area contributed by atoms with E-state index in [1.165, 1.54) is 0 Å². The van der Waals surface area contributed by atoms with E-state index in [-0.39, 0.29) is 6.04 Å². The van der Waals surface area contributed by atoms with Gasteiger partial charge in [0.15, 0.2) is 0 Å². The third kappa shape index (κ3) is 2.15. The van der Waals surface area contributed by atoms with Crippen molar-refractivity contribution in [2.24, 2.45) is 5.84 Å². The molecule has 0 aliphatic rings. The Morgan fingerprint density at radius 3 is 2.94 bits per heavy atom. The maximum absolute atomic E-state index is 5.82. The fraction of sp³-hybridized carbons (Fsp3) is 0.222. The Bertz CT molecular complexity index is 439. The highest BCUT2D eigenvalue weighted by molar-refractivity contribution is 5.44. The van der Waals surface area contributed by atoms with Crippen LogP contribution in [0.1, 0.15) is 17.3 Å². The van der Waals surface area contributed by atoms with Crippen LogP contribution in [-0.2, 0) is 6.42 Å². The molecule has 7 nitrogen and oxygen atoms in total. The zero-order valence-corrected chi connectivity index (χ0v) is 8.59. The molecule has 1 atom stereocenters. The molecule has 2 aromatic heterocycles. The third-order valence-electron chi connectivity index (χ3n) is 2.36. The van der Waals surface area contributed by atoms with Gasteiger partial charge in [-0.3, -0.25) is 16.3 Å². The van der Waals surface area contributed by atoms with Gasteiger partial charge >= 0.3 is 0 Å². The molecular formula is C9H13N7. The molecule has 6 N–H and O–H groups in total. The van der Waals surface area contributed by atoms with E-state index in [1.807, 2.05) is 0 Å². The van der Waals surface area contributed by atoms with Gasteiger partial charge in [0.1, 0.15) is 5.69 Å².